The topological polar surface area (TPSA) is 61.5 Å². The molecule has 4 rings (SSSR count). The van der Waals surface area contributed by atoms with Crippen molar-refractivity contribution in [2.75, 3.05) is 37.7 Å². The Morgan fingerprint density at radius 2 is 1.78 bits per heavy atom. The summed E-state index contributed by atoms with van der Waals surface area (Å²) in [5.74, 6) is 0.861. The molecule has 6 nitrogen and oxygen atoms in total. The Kier molecular flexibility index (Phi) is 6.78. The number of carbonyl (C=O) groups excluding carboxylic acids is 1. The third-order valence-electron chi connectivity index (χ3n) is 6.00. The predicted octanol–water partition coefficient (Wildman–Crippen LogP) is 4.83. The quantitative estimate of drug-likeness (QED) is 0.543. The molecular formula is C26H32N4O2. The summed E-state index contributed by atoms with van der Waals surface area (Å²) in [6.07, 6.45) is 2.16. The van der Waals surface area contributed by atoms with Crippen molar-refractivity contribution in [3.63, 3.8) is 0 Å². The summed E-state index contributed by atoms with van der Waals surface area (Å²) in [7, 11) is 0. The minimum Gasteiger partial charge on any atom is -0.494 e. The van der Waals surface area contributed by atoms with Crippen molar-refractivity contribution in [2.24, 2.45) is 0 Å². The molecule has 0 radical (unpaired) electrons. The van der Waals surface area contributed by atoms with E-state index in [0.29, 0.717) is 18.8 Å². The molecule has 1 amide bonds. The van der Waals surface area contributed by atoms with Crippen LogP contribution in [-0.2, 0) is 0 Å². The van der Waals surface area contributed by atoms with Crippen LogP contribution < -0.4 is 9.64 Å². The van der Waals surface area contributed by atoms with Gasteiger partial charge in [0.25, 0.3) is 5.91 Å². The summed E-state index contributed by atoms with van der Waals surface area (Å²) < 4.78 is 5.72. The Morgan fingerprint density at radius 1 is 1.03 bits per heavy atom. The molecule has 0 atom stereocenters. The number of hydrogen-bond donors (Lipinski definition) is 1. The fraction of sp³-hybridized carbons (Fsp3) is 0.385. The third kappa shape index (κ3) is 4.96. The van der Waals surface area contributed by atoms with Crippen LogP contribution in [0.1, 0.15) is 41.4 Å². The standard InChI is InChI=1S/C26H32N4O2/c1-4-5-16-32-22-10-8-21(9-11-22)23-18-24(28-27-23)26(31)30-14-12-29(13-15-30)25-17-19(2)6-7-20(25)3/h6-11,17-18H,4-5,12-16H2,1-3H3,(H,27,28). The molecule has 0 saturated carbocycles. The Bertz CT molecular complexity index is 1050. The number of H-pyrrole nitrogens is 1. The number of piperazine rings is 1. The second kappa shape index (κ2) is 9.90. The molecule has 1 aliphatic heterocycles. The van der Waals surface area contributed by atoms with Crippen LogP contribution in [0.5, 0.6) is 5.75 Å². The zero-order valence-corrected chi connectivity index (χ0v) is 19.2. The lowest BCUT2D eigenvalue weighted by molar-refractivity contribution is 0.0741. The minimum absolute atomic E-state index is 0.00360. The van der Waals surface area contributed by atoms with E-state index in [2.05, 4.69) is 54.1 Å². The van der Waals surface area contributed by atoms with Gasteiger partial charge in [0, 0.05) is 37.4 Å². The van der Waals surface area contributed by atoms with Gasteiger partial charge in [-0.25, -0.2) is 0 Å². The van der Waals surface area contributed by atoms with Crippen LogP contribution in [0.25, 0.3) is 11.3 Å². The van der Waals surface area contributed by atoms with Crippen LogP contribution in [0.2, 0.25) is 0 Å². The molecule has 1 aliphatic rings. The zero-order valence-electron chi connectivity index (χ0n) is 19.2. The van der Waals surface area contributed by atoms with Crippen molar-refractivity contribution >= 4 is 11.6 Å². The molecular weight excluding hydrogens is 400 g/mol. The molecule has 0 bridgehead atoms. The molecule has 0 unspecified atom stereocenters. The van der Waals surface area contributed by atoms with E-state index >= 15 is 0 Å². The van der Waals surface area contributed by atoms with Crippen LogP contribution >= 0.6 is 0 Å². The molecule has 1 saturated heterocycles. The monoisotopic (exact) mass is 432 g/mol. The number of hydrogen-bond acceptors (Lipinski definition) is 4. The summed E-state index contributed by atoms with van der Waals surface area (Å²) in [6, 6.07) is 16.2. The van der Waals surface area contributed by atoms with Gasteiger partial charge in [-0.05, 0) is 67.8 Å². The molecule has 1 fully saturated rings. The first-order valence-corrected chi connectivity index (χ1v) is 11.5. The fourth-order valence-corrected chi connectivity index (χ4v) is 4.02. The Labute approximate surface area is 190 Å². The highest BCUT2D eigenvalue weighted by Crippen LogP contribution is 2.24. The van der Waals surface area contributed by atoms with Gasteiger partial charge in [-0.3, -0.25) is 9.89 Å². The summed E-state index contributed by atoms with van der Waals surface area (Å²) in [4.78, 5) is 17.3. The maximum absolute atomic E-state index is 13.0. The second-order valence-corrected chi connectivity index (χ2v) is 8.46. The first kappa shape index (κ1) is 21.9. The number of aromatic amines is 1. The number of aromatic nitrogens is 2. The average molecular weight is 433 g/mol. The van der Waals surface area contributed by atoms with Crippen molar-refractivity contribution in [1.82, 2.24) is 15.1 Å². The number of nitrogens with zero attached hydrogens (tertiary/aromatic N) is 3. The van der Waals surface area contributed by atoms with E-state index in [0.717, 1.165) is 49.5 Å². The molecule has 2 heterocycles. The van der Waals surface area contributed by atoms with Crippen molar-refractivity contribution in [1.29, 1.82) is 0 Å². The van der Waals surface area contributed by atoms with Crippen LogP contribution in [0.15, 0.2) is 48.5 Å². The van der Waals surface area contributed by atoms with Crippen LogP contribution in [0.4, 0.5) is 5.69 Å². The molecule has 32 heavy (non-hydrogen) atoms. The SMILES string of the molecule is CCCCOc1ccc(-c2cc(C(=O)N3CCN(c4cc(C)ccc4C)CC3)[nH]n2)cc1. The maximum atomic E-state index is 13.0. The van der Waals surface area contributed by atoms with E-state index in [1.54, 1.807) is 0 Å². The van der Waals surface area contributed by atoms with Gasteiger partial charge in [0.05, 0.1) is 12.3 Å². The smallest absolute Gasteiger partial charge is 0.272 e. The number of carbonyl (C=O) groups is 1. The highest BCUT2D eigenvalue weighted by molar-refractivity contribution is 5.93. The van der Waals surface area contributed by atoms with Gasteiger partial charge < -0.3 is 14.5 Å². The second-order valence-electron chi connectivity index (χ2n) is 8.46. The number of rotatable bonds is 7. The number of ether oxygens (including phenoxy) is 1. The first-order valence-electron chi connectivity index (χ1n) is 11.5. The van der Waals surface area contributed by atoms with Gasteiger partial charge in [-0.2, -0.15) is 5.10 Å². The van der Waals surface area contributed by atoms with Crippen molar-refractivity contribution in [3.8, 4) is 17.0 Å². The van der Waals surface area contributed by atoms with E-state index in [4.69, 9.17) is 4.74 Å². The van der Waals surface area contributed by atoms with Gasteiger partial charge in [-0.15, -0.1) is 0 Å². The predicted molar refractivity (Wildman–Crippen MR) is 128 cm³/mol. The molecule has 3 aromatic rings. The lowest BCUT2D eigenvalue weighted by Gasteiger charge is -2.36. The van der Waals surface area contributed by atoms with E-state index < -0.39 is 0 Å². The molecule has 168 valence electrons. The van der Waals surface area contributed by atoms with Crippen molar-refractivity contribution in [2.45, 2.75) is 33.6 Å². The summed E-state index contributed by atoms with van der Waals surface area (Å²) in [5, 5.41) is 7.30. The number of anilines is 1. The van der Waals surface area contributed by atoms with Gasteiger partial charge >= 0.3 is 0 Å². The number of aryl methyl sites for hydroxylation is 2. The highest BCUT2D eigenvalue weighted by Gasteiger charge is 2.24. The molecule has 2 aromatic carbocycles. The van der Waals surface area contributed by atoms with Gasteiger partial charge in [-0.1, -0.05) is 25.5 Å². The summed E-state index contributed by atoms with van der Waals surface area (Å²) in [6.45, 7) is 10.2. The molecule has 0 aliphatic carbocycles. The van der Waals surface area contributed by atoms with Crippen molar-refractivity contribution < 1.29 is 9.53 Å². The number of benzene rings is 2. The van der Waals surface area contributed by atoms with Crippen molar-refractivity contribution in [3.05, 3.63) is 65.4 Å². The molecule has 0 spiro atoms. The lowest BCUT2D eigenvalue weighted by atomic mass is 10.1. The van der Waals surface area contributed by atoms with Crippen LogP contribution in [0.3, 0.4) is 0 Å². The van der Waals surface area contributed by atoms with E-state index in [9.17, 15) is 4.79 Å². The molecule has 1 aromatic heterocycles. The average Bonchev–Trinajstić information content (AvgIpc) is 3.31. The largest absolute Gasteiger partial charge is 0.494 e. The number of nitrogens with one attached hydrogen (secondary N) is 1. The van der Waals surface area contributed by atoms with Gasteiger partial charge in [0.15, 0.2) is 0 Å². The lowest BCUT2D eigenvalue weighted by Crippen LogP contribution is -2.49. The van der Waals surface area contributed by atoms with E-state index in [-0.39, 0.29) is 5.91 Å². The Morgan fingerprint density at radius 3 is 2.50 bits per heavy atom. The zero-order chi connectivity index (χ0) is 22.5. The number of unbranched alkanes of at least 4 members (excludes halogenated alkanes) is 1. The Hall–Kier alpha value is -3.28. The Balaban J connectivity index is 1.36. The van der Waals surface area contributed by atoms with E-state index in [1.165, 1.54) is 16.8 Å². The van der Waals surface area contributed by atoms with E-state index in [1.807, 2.05) is 35.2 Å². The highest BCUT2D eigenvalue weighted by atomic mass is 16.5. The third-order valence-corrected chi connectivity index (χ3v) is 6.00. The van der Waals surface area contributed by atoms with Gasteiger partial charge in [0.2, 0.25) is 0 Å². The van der Waals surface area contributed by atoms with Gasteiger partial charge in [0.1, 0.15) is 11.4 Å². The molecule has 1 N–H and O–H groups in total. The molecule has 6 heteroatoms. The normalized spacial score (nSPS) is 14.0. The summed E-state index contributed by atoms with van der Waals surface area (Å²) >= 11 is 0. The number of amides is 1. The van der Waals surface area contributed by atoms with Crippen LogP contribution in [-0.4, -0.2) is 53.8 Å². The van der Waals surface area contributed by atoms with Crippen LogP contribution in [0, 0.1) is 13.8 Å². The maximum Gasteiger partial charge on any atom is 0.272 e. The fourth-order valence-electron chi connectivity index (χ4n) is 4.02. The summed E-state index contributed by atoms with van der Waals surface area (Å²) in [5.41, 5.74) is 6.06. The minimum atomic E-state index is 0.00360. The first-order chi connectivity index (χ1) is 15.5.